The van der Waals surface area contributed by atoms with Gasteiger partial charge in [-0.2, -0.15) is 5.10 Å². The second-order valence-electron chi connectivity index (χ2n) is 6.10. The molecule has 2 aromatic carbocycles. The summed E-state index contributed by atoms with van der Waals surface area (Å²) in [5.74, 6) is 0.0573. The minimum absolute atomic E-state index is 0.149. The number of benzene rings is 2. The van der Waals surface area contributed by atoms with Crippen LogP contribution in [0.3, 0.4) is 0 Å². The highest BCUT2D eigenvalue weighted by molar-refractivity contribution is 6.08. The van der Waals surface area contributed by atoms with Crippen molar-refractivity contribution < 1.29 is 14.3 Å². The van der Waals surface area contributed by atoms with Crippen LogP contribution in [0.5, 0.6) is 5.75 Å². The Balaban J connectivity index is 1.64. The zero-order chi connectivity index (χ0) is 18.8. The van der Waals surface area contributed by atoms with Crippen molar-refractivity contribution in [2.45, 2.75) is 6.10 Å². The van der Waals surface area contributed by atoms with Crippen LogP contribution < -0.4 is 15.0 Å². The highest BCUT2D eigenvalue weighted by Gasteiger charge is 2.33. The number of carbonyl (C=O) groups excluding carboxylic acids is 2. The van der Waals surface area contributed by atoms with E-state index in [1.54, 1.807) is 41.0 Å². The maximum atomic E-state index is 13.1. The Labute approximate surface area is 156 Å². The summed E-state index contributed by atoms with van der Waals surface area (Å²) in [5.41, 5.74) is 2.04. The number of anilines is 1. The van der Waals surface area contributed by atoms with Crippen molar-refractivity contribution in [1.29, 1.82) is 0 Å². The van der Waals surface area contributed by atoms with Gasteiger partial charge >= 0.3 is 0 Å². The molecule has 0 saturated carbocycles. The molecule has 0 bridgehead atoms. The lowest BCUT2D eigenvalue weighted by atomic mass is 10.1. The number of ether oxygens (including phenoxy) is 1. The van der Waals surface area contributed by atoms with Crippen LogP contribution in [-0.4, -0.2) is 41.3 Å². The number of rotatable bonds is 3. The quantitative estimate of drug-likeness (QED) is 0.773. The summed E-state index contributed by atoms with van der Waals surface area (Å²) in [6.07, 6.45) is 2.78. The van der Waals surface area contributed by atoms with Gasteiger partial charge in [0.25, 0.3) is 11.8 Å². The molecule has 27 heavy (non-hydrogen) atoms. The molecule has 136 valence electrons. The summed E-state index contributed by atoms with van der Waals surface area (Å²) >= 11 is 0. The zero-order valence-electron chi connectivity index (χ0n) is 14.7. The minimum atomic E-state index is -0.753. The molecule has 3 aromatic rings. The largest absolute Gasteiger partial charge is 0.477 e. The van der Waals surface area contributed by atoms with Crippen LogP contribution in [0.4, 0.5) is 5.69 Å². The van der Waals surface area contributed by atoms with Crippen molar-refractivity contribution in [3.05, 3.63) is 72.6 Å². The van der Waals surface area contributed by atoms with Gasteiger partial charge in [-0.15, -0.1) is 0 Å². The van der Waals surface area contributed by atoms with Gasteiger partial charge in [-0.25, -0.2) is 4.68 Å². The van der Waals surface area contributed by atoms with Gasteiger partial charge in [0.15, 0.2) is 6.10 Å². The Morgan fingerprint density at radius 2 is 1.89 bits per heavy atom. The van der Waals surface area contributed by atoms with Crippen molar-refractivity contribution >= 4 is 17.5 Å². The molecule has 2 amide bonds. The molecule has 1 aromatic heterocycles. The maximum absolute atomic E-state index is 13.1. The highest BCUT2D eigenvalue weighted by atomic mass is 16.5. The molecule has 1 aliphatic rings. The van der Waals surface area contributed by atoms with E-state index in [9.17, 15) is 9.59 Å². The monoisotopic (exact) mass is 362 g/mol. The van der Waals surface area contributed by atoms with Gasteiger partial charge < -0.3 is 15.0 Å². The minimum Gasteiger partial charge on any atom is -0.477 e. The average molecular weight is 362 g/mol. The Bertz CT molecular complexity index is 967. The topological polar surface area (TPSA) is 76.5 Å². The van der Waals surface area contributed by atoms with Gasteiger partial charge in [0.2, 0.25) is 0 Å². The zero-order valence-corrected chi connectivity index (χ0v) is 14.7. The van der Waals surface area contributed by atoms with Crippen LogP contribution in [0.25, 0.3) is 5.69 Å². The van der Waals surface area contributed by atoms with Crippen LogP contribution in [-0.2, 0) is 4.79 Å². The first-order chi connectivity index (χ1) is 13.2. The van der Waals surface area contributed by atoms with Crippen LogP contribution in [0.15, 0.2) is 67.0 Å². The van der Waals surface area contributed by atoms with Crippen molar-refractivity contribution in [3.63, 3.8) is 0 Å². The summed E-state index contributed by atoms with van der Waals surface area (Å²) in [5, 5.41) is 6.76. The summed E-state index contributed by atoms with van der Waals surface area (Å²) in [6, 6.07) is 16.2. The Kier molecular flexibility index (Phi) is 4.33. The number of amides is 2. The second kappa shape index (κ2) is 6.95. The number of nitrogens with one attached hydrogen (secondary N) is 1. The third-order valence-electron chi connectivity index (χ3n) is 4.44. The molecule has 0 spiro atoms. The van der Waals surface area contributed by atoms with E-state index in [2.05, 4.69) is 10.4 Å². The second-order valence-corrected chi connectivity index (χ2v) is 6.10. The van der Waals surface area contributed by atoms with Crippen LogP contribution in [0, 0.1) is 0 Å². The third kappa shape index (κ3) is 3.15. The fourth-order valence-corrected chi connectivity index (χ4v) is 3.06. The fourth-order valence-electron chi connectivity index (χ4n) is 3.06. The molecule has 1 N–H and O–H groups in total. The van der Waals surface area contributed by atoms with Gasteiger partial charge in [-0.1, -0.05) is 12.1 Å². The van der Waals surface area contributed by atoms with E-state index >= 15 is 0 Å². The van der Waals surface area contributed by atoms with E-state index in [0.29, 0.717) is 17.0 Å². The molecule has 2 heterocycles. The lowest BCUT2D eigenvalue weighted by Crippen LogP contribution is -2.50. The first kappa shape index (κ1) is 16.8. The number of hydrogen-bond acceptors (Lipinski definition) is 4. The Hall–Kier alpha value is -3.61. The summed E-state index contributed by atoms with van der Waals surface area (Å²) in [6.45, 7) is 0.149. The van der Waals surface area contributed by atoms with Gasteiger partial charge in [-0.3, -0.25) is 9.59 Å². The van der Waals surface area contributed by atoms with Crippen molar-refractivity contribution in [2.75, 3.05) is 18.5 Å². The third-order valence-corrected chi connectivity index (χ3v) is 4.44. The molecule has 0 saturated heterocycles. The number of hydrogen-bond donors (Lipinski definition) is 1. The van der Waals surface area contributed by atoms with Crippen LogP contribution in [0.1, 0.15) is 10.4 Å². The van der Waals surface area contributed by atoms with Gasteiger partial charge in [-0.05, 0) is 42.5 Å². The smallest absolute Gasteiger partial charge is 0.262 e. The lowest BCUT2D eigenvalue weighted by molar-refractivity contribution is -0.127. The molecule has 0 aliphatic carbocycles. The number of nitrogens with zero attached hydrogens (tertiary/aromatic N) is 3. The van der Waals surface area contributed by atoms with E-state index in [-0.39, 0.29) is 18.4 Å². The molecule has 1 aliphatic heterocycles. The number of para-hydroxylation sites is 2. The highest BCUT2D eigenvalue weighted by Crippen LogP contribution is 2.34. The summed E-state index contributed by atoms with van der Waals surface area (Å²) < 4.78 is 7.47. The average Bonchev–Trinajstić information content (AvgIpc) is 3.27. The van der Waals surface area contributed by atoms with Gasteiger partial charge in [0, 0.05) is 25.0 Å². The van der Waals surface area contributed by atoms with E-state index in [0.717, 1.165) is 5.69 Å². The predicted molar refractivity (Wildman–Crippen MR) is 100 cm³/mol. The number of fused-ring (bicyclic) bond motifs is 1. The maximum Gasteiger partial charge on any atom is 0.262 e. The van der Waals surface area contributed by atoms with E-state index < -0.39 is 6.10 Å². The number of aromatic nitrogens is 2. The Morgan fingerprint density at radius 3 is 2.59 bits per heavy atom. The van der Waals surface area contributed by atoms with Gasteiger partial charge in [0.05, 0.1) is 17.9 Å². The van der Waals surface area contributed by atoms with Crippen LogP contribution >= 0.6 is 0 Å². The first-order valence-corrected chi connectivity index (χ1v) is 8.56. The van der Waals surface area contributed by atoms with Crippen molar-refractivity contribution in [2.24, 2.45) is 0 Å². The fraction of sp³-hybridized carbons (Fsp3) is 0.150. The molecule has 4 rings (SSSR count). The standard InChI is InChI=1S/C20H18N4O3/c1-21-19(25)18-13-23(16-5-2-3-6-17(16)27-18)20(26)14-7-9-15(10-8-14)24-12-4-11-22-24/h2-12,18H,13H2,1H3,(H,21,25)/t18-/m1/s1. The van der Waals surface area contributed by atoms with Crippen LogP contribution in [0.2, 0.25) is 0 Å². The normalized spacial score (nSPS) is 15.6. The number of carbonyl (C=O) groups is 2. The van der Waals surface area contributed by atoms with E-state index in [4.69, 9.17) is 4.74 Å². The summed E-state index contributed by atoms with van der Waals surface area (Å²) in [4.78, 5) is 26.8. The molecule has 7 nitrogen and oxygen atoms in total. The molecule has 0 fully saturated rings. The molecule has 0 unspecified atom stereocenters. The van der Waals surface area contributed by atoms with Crippen molar-refractivity contribution in [3.8, 4) is 11.4 Å². The SMILES string of the molecule is CNC(=O)[C@H]1CN(C(=O)c2ccc(-n3cccn3)cc2)c2ccccc2O1. The summed E-state index contributed by atoms with van der Waals surface area (Å²) in [7, 11) is 1.55. The molecule has 7 heteroatoms. The molecule has 1 atom stereocenters. The van der Waals surface area contributed by atoms with E-state index in [1.165, 1.54) is 0 Å². The Morgan fingerprint density at radius 1 is 1.11 bits per heavy atom. The van der Waals surface area contributed by atoms with Crippen molar-refractivity contribution in [1.82, 2.24) is 15.1 Å². The molecular weight excluding hydrogens is 344 g/mol. The first-order valence-electron chi connectivity index (χ1n) is 8.56. The lowest BCUT2D eigenvalue weighted by Gasteiger charge is -2.34. The number of likely N-dealkylation sites (N-methyl/N-ethyl adjacent to an activating group) is 1. The molecular formula is C20H18N4O3. The van der Waals surface area contributed by atoms with Gasteiger partial charge in [0.1, 0.15) is 5.75 Å². The predicted octanol–water partition coefficient (Wildman–Crippen LogP) is 2.03. The molecule has 0 radical (unpaired) electrons. The van der Waals surface area contributed by atoms with E-state index in [1.807, 2.05) is 42.6 Å².